The highest BCUT2D eigenvalue weighted by Gasteiger charge is 2.32. The van der Waals surface area contributed by atoms with E-state index in [-0.39, 0.29) is 21.7 Å². The lowest BCUT2D eigenvalue weighted by molar-refractivity contribution is -0.274. The largest absolute Gasteiger partial charge is 0.573 e. The second-order valence-electron chi connectivity index (χ2n) is 3.49. The first-order valence-electron chi connectivity index (χ1n) is 5.01. The molecule has 0 spiro atoms. The minimum Gasteiger partial charge on any atom is -0.405 e. The lowest BCUT2D eigenvalue weighted by Gasteiger charge is -2.12. The Morgan fingerprint density at radius 2 is 1.60 bits per heavy atom. The highest BCUT2D eigenvalue weighted by atomic mass is 127. The first-order chi connectivity index (χ1) is 9.28. The van der Waals surface area contributed by atoms with Gasteiger partial charge in [0.2, 0.25) is 0 Å². The topological polar surface area (TPSA) is 35.0 Å². The predicted octanol–water partition coefficient (Wildman–Crippen LogP) is 4.95. The van der Waals surface area contributed by atoms with Crippen molar-refractivity contribution in [2.45, 2.75) is 6.36 Å². The monoisotopic (exact) mass is 434 g/mol. The van der Waals surface area contributed by atoms with Crippen LogP contribution < -0.4 is 4.74 Å². The van der Waals surface area contributed by atoms with Crippen LogP contribution >= 0.6 is 45.8 Å². The van der Waals surface area contributed by atoms with Gasteiger partial charge in [0.05, 0.1) is 9.13 Å². The zero-order valence-electron chi connectivity index (χ0n) is 9.38. The molecule has 0 amide bonds. The maximum Gasteiger partial charge on any atom is 0.573 e. The number of para-hydroxylation sites is 1. The average molecular weight is 435 g/mol. The number of hydrogen-bond acceptors (Lipinski definition) is 3. The normalized spacial score (nSPS) is 11.5. The van der Waals surface area contributed by atoms with Gasteiger partial charge >= 0.3 is 6.36 Å². The maximum atomic E-state index is 12.3. The van der Waals surface area contributed by atoms with Crippen molar-refractivity contribution in [1.29, 1.82) is 0 Å². The second-order valence-corrected chi connectivity index (χ2v) is 5.28. The van der Waals surface area contributed by atoms with Crippen molar-refractivity contribution < 1.29 is 17.9 Å². The summed E-state index contributed by atoms with van der Waals surface area (Å²) in [6, 6.07) is 5.48. The molecule has 2 aromatic rings. The number of alkyl halides is 3. The van der Waals surface area contributed by atoms with Crippen molar-refractivity contribution in [3.63, 3.8) is 0 Å². The Hall–Kier alpha value is -0.800. The highest BCUT2D eigenvalue weighted by molar-refractivity contribution is 14.1. The molecule has 0 N–H and O–H groups in total. The summed E-state index contributed by atoms with van der Waals surface area (Å²) in [5, 5.41) is 0.116. The third-order valence-electron chi connectivity index (χ3n) is 2.12. The van der Waals surface area contributed by atoms with E-state index in [4.69, 9.17) is 23.2 Å². The molecule has 0 atom stereocenters. The number of ether oxygens (including phenoxy) is 1. The van der Waals surface area contributed by atoms with Crippen LogP contribution in [-0.2, 0) is 0 Å². The quantitative estimate of drug-likeness (QED) is 0.495. The van der Waals surface area contributed by atoms with Crippen LogP contribution in [0.15, 0.2) is 24.3 Å². The number of halogens is 6. The van der Waals surface area contributed by atoms with Gasteiger partial charge in [0.25, 0.3) is 0 Å². The van der Waals surface area contributed by atoms with Gasteiger partial charge in [-0.1, -0.05) is 35.3 Å². The summed E-state index contributed by atoms with van der Waals surface area (Å²) in [5.74, 6) is -0.464. The van der Waals surface area contributed by atoms with E-state index in [1.165, 1.54) is 18.2 Å². The minimum atomic E-state index is -4.81. The average Bonchev–Trinajstić information content (AvgIpc) is 2.34. The van der Waals surface area contributed by atoms with Crippen LogP contribution in [0.5, 0.6) is 5.75 Å². The molecule has 9 heteroatoms. The second kappa shape index (κ2) is 5.90. The van der Waals surface area contributed by atoms with E-state index < -0.39 is 12.1 Å². The Labute approximate surface area is 135 Å². The molecular formula is C11H4Cl2F3IN2O. The first kappa shape index (κ1) is 15.6. The zero-order chi connectivity index (χ0) is 14.9. The molecule has 1 aromatic carbocycles. The van der Waals surface area contributed by atoms with Gasteiger partial charge in [0.15, 0.2) is 5.82 Å². The van der Waals surface area contributed by atoms with E-state index in [1.54, 1.807) is 0 Å². The minimum absolute atomic E-state index is 0.0414. The fraction of sp³-hybridized carbons (Fsp3) is 0.0909. The SMILES string of the molecule is FC(F)(F)Oc1ccccc1-c1nc(Cl)c(I)c(Cl)n1. The van der Waals surface area contributed by atoms with Crippen molar-refractivity contribution in [1.82, 2.24) is 9.97 Å². The first-order valence-corrected chi connectivity index (χ1v) is 6.85. The van der Waals surface area contributed by atoms with Gasteiger partial charge in [-0.3, -0.25) is 0 Å². The molecule has 1 heterocycles. The Morgan fingerprint density at radius 3 is 2.15 bits per heavy atom. The maximum absolute atomic E-state index is 12.3. The van der Waals surface area contributed by atoms with Crippen molar-refractivity contribution in [2.24, 2.45) is 0 Å². The van der Waals surface area contributed by atoms with Gasteiger partial charge in [-0.2, -0.15) is 0 Å². The van der Waals surface area contributed by atoms with Crippen LogP contribution in [0.25, 0.3) is 11.4 Å². The van der Waals surface area contributed by atoms with E-state index in [0.717, 1.165) is 6.07 Å². The summed E-state index contributed by atoms with van der Waals surface area (Å²) in [6.07, 6.45) is -4.81. The van der Waals surface area contributed by atoms with Crippen molar-refractivity contribution in [2.75, 3.05) is 0 Å². The molecule has 0 fully saturated rings. The molecule has 106 valence electrons. The fourth-order valence-electron chi connectivity index (χ4n) is 1.38. The molecule has 2 rings (SSSR count). The zero-order valence-corrected chi connectivity index (χ0v) is 13.0. The molecule has 0 aliphatic rings. The van der Waals surface area contributed by atoms with Crippen molar-refractivity contribution in [3.8, 4) is 17.1 Å². The summed E-state index contributed by atoms with van der Waals surface area (Å²) in [4.78, 5) is 7.82. The predicted molar refractivity (Wildman–Crippen MR) is 76.9 cm³/mol. The number of nitrogens with zero attached hydrogens (tertiary/aromatic N) is 2. The molecule has 0 bridgehead atoms. The number of rotatable bonds is 2. The summed E-state index contributed by atoms with van der Waals surface area (Å²) in [7, 11) is 0. The van der Waals surface area contributed by atoms with Gasteiger partial charge in [-0.05, 0) is 34.7 Å². The van der Waals surface area contributed by atoms with Crippen molar-refractivity contribution in [3.05, 3.63) is 38.1 Å². The Kier molecular flexibility index (Phi) is 4.60. The standard InChI is InChI=1S/C11H4Cl2F3IN2O/c12-8-7(17)9(13)19-10(18-8)5-3-1-2-4-6(5)20-11(14,15)16/h1-4H. The molecule has 3 nitrogen and oxygen atoms in total. The van der Waals surface area contributed by atoms with Crippen LogP contribution in [0.3, 0.4) is 0 Å². The lowest BCUT2D eigenvalue weighted by atomic mass is 10.2. The fourth-order valence-corrected chi connectivity index (χ4v) is 2.01. The molecule has 0 radical (unpaired) electrons. The molecule has 20 heavy (non-hydrogen) atoms. The third-order valence-corrected chi connectivity index (χ3v) is 4.33. The van der Waals surface area contributed by atoms with E-state index in [9.17, 15) is 13.2 Å². The van der Waals surface area contributed by atoms with Crippen molar-refractivity contribution >= 4 is 45.8 Å². The van der Waals surface area contributed by atoms with Crippen LogP contribution in [-0.4, -0.2) is 16.3 Å². The van der Waals surface area contributed by atoms with Crippen LogP contribution in [0.2, 0.25) is 10.3 Å². The smallest absolute Gasteiger partial charge is 0.405 e. The summed E-state index contributed by atoms with van der Waals surface area (Å²) >= 11 is 13.5. The number of aromatic nitrogens is 2. The van der Waals surface area contributed by atoms with Gasteiger partial charge < -0.3 is 4.74 Å². The van der Waals surface area contributed by atoms with Crippen LogP contribution in [0, 0.1) is 3.57 Å². The highest BCUT2D eigenvalue weighted by Crippen LogP contribution is 2.34. The Morgan fingerprint density at radius 1 is 1.05 bits per heavy atom. The number of benzene rings is 1. The number of hydrogen-bond donors (Lipinski definition) is 0. The van der Waals surface area contributed by atoms with E-state index in [1.807, 2.05) is 22.6 Å². The van der Waals surface area contributed by atoms with E-state index in [2.05, 4.69) is 14.7 Å². The van der Waals surface area contributed by atoms with Crippen LogP contribution in [0.1, 0.15) is 0 Å². The van der Waals surface area contributed by atoms with Crippen LogP contribution in [0.4, 0.5) is 13.2 Å². The molecular weight excluding hydrogens is 431 g/mol. The molecule has 0 aliphatic carbocycles. The molecule has 0 saturated heterocycles. The lowest BCUT2D eigenvalue weighted by Crippen LogP contribution is -2.17. The van der Waals surface area contributed by atoms with E-state index >= 15 is 0 Å². The molecule has 0 unspecified atom stereocenters. The summed E-state index contributed by atoms with van der Waals surface area (Å²) in [5.41, 5.74) is 0.0463. The van der Waals surface area contributed by atoms with Gasteiger partial charge in [0.1, 0.15) is 16.1 Å². The molecule has 1 aromatic heterocycles. The van der Waals surface area contributed by atoms with E-state index in [0.29, 0.717) is 3.57 Å². The van der Waals surface area contributed by atoms with Gasteiger partial charge in [-0.15, -0.1) is 13.2 Å². The summed E-state index contributed by atoms with van der Waals surface area (Å²) in [6.45, 7) is 0. The third kappa shape index (κ3) is 3.64. The molecule has 0 aliphatic heterocycles. The Balaban J connectivity index is 2.53. The summed E-state index contributed by atoms with van der Waals surface area (Å²) < 4.78 is 41.4. The molecule has 0 saturated carbocycles. The Bertz CT molecular complexity index is 629. The van der Waals surface area contributed by atoms with Gasteiger partial charge in [-0.25, -0.2) is 9.97 Å². The van der Waals surface area contributed by atoms with Gasteiger partial charge in [0, 0.05) is 0 Å².